The molecule has 0 fully saturated rings. The van der Waals surface area contributed by atoms with Crippen LogP contribution in [-0.4, -0.2) is 49.3 Å². The SMILES string of the molecule is CC(/C=C/C=C(\C)C(=O)O)=C\C=C\C=C(C)\C=C\C=C(/C)C(=O)O.CC/C=C\C/C=C\C/C=C\CCCCCCCC(=O)O.CCCCCCCC/C=C/CCCCCCCC(=O)O.O=c1ccc2ccccc2[nH]1. The van der Waals surface area contributed by atoms with Crippen molar-refractivity contribution in [1.82, 2.24) is 4.98 Å². The van der Waals surface area contributed by atoms with Crippen LogP contribution in [0.15, 0.2) is 173 Å². The Morgan fingerprint density at radius 1 is 0.453 bits per heavy atom. The van der Waals surface area contributed by atoms with Gasteiger partial charge in [0.2, 0.25) is 5.56 Å². The highest BCUT2D eigenvalue weighted by molar-refractivity contribution is 5.86. The normalized spacial score (nSPS) is 12.5. The predicted molar refractivity (Wildman–Crippen MR) is 316 cm³/mol. The smallest absolute Gasteiger partial charge is 0.331 e. The van der Waals surface area contributed by atoms with Crippen molar-refractivity contribution in [1.29, 1.82) is 0 Å². The summed E-state index contributed by atoms with van der Waals surface area (Å²) in [6.07, 6.45) is 62.3. The fourth-order valence-corrected chi connectivity index (χ4v) is 6.70. The molecular formula is C65H95NO9. The van der Waals surface area contributed by atoms with Gasteiger partial charge in [-0.15, -0.1) is 0 Å². The molecule has 0 saturated carbocycles. The minimum atomic E-state index is -0.928. The zero-order valence-corrected chi connectivity index (χ0v) is 46.7. The van der Waals surface area contributed by atoms with Crippen molar-refractivity contribution in [2.75, 3.05) is 0 Å². The van der Waals surface area contributed by atoms with E-state index in [1.807, 2.05) is 80.6 Å². The Kier molecular flexibility index (Phi) is 49.2. The topological polar surface area (TPSA) is 182 Å². The average Bonchev–Trinajstić information content (AvgIpc) is 3.37. The van der Waals surface area contributed by atoms with Crippen LogP contribution in [0.4, 0.5) is 0 Å². The van der Waals surface area contributed by atoms with Crippen molar-refractivity contribution >= 4 is 34.8 Å². The molecule has 75 heavy (non-hydrogen) atoms. The molecule has 1 aromatic heterocycles. The molecule has 0 radical (unpaired) electrons. The van der Waals surface area contributed by atoms with Crippen molar-refractivity contribution in [3.8, 4) is 0 Å². The highest BCUT2D eigenvalue weighted by Crippen LogP contribution is 2.11. The first-order valence-electron chi connectivity index (χ1n) is 27.4. The number of pyridine rings is 1. The lowest BCUT2D eigenvalue weighted by molar-refractivity contribution is -0.138. The number of para-hydroxylation sites is 1. The van der Waals surface area contributed by atoms with Gasteiger partial charge in [-0.25, -0.2) is 9.59 Å². The van der Waals surface area contributed by atoms with Gasteiger partial charge in [0, 0.05) is 35.6 Å². The lowest BCUT2D eigenvalue weighted by Crippen LogP contribution is -2.01. The van der Waals surface area contributed by atoms with E-state index in [2.05, 4.69) is 67.4 Å². The maximum Gasteiger partial charge on any atom is 0.331 e. The van der Waals surface area contributed by atoms with E-state index in [1.54, 1.807) is 38.2 Å². The highest BCUT2D eigenvalue weighted by Gasteiger charge is 1.99. The summed E-state index contributed by atoms with van der Waals surface area (Å²) in [6.45, 7) is 11.3. The first-order valence-corrected chi connectivity index (χ1v) is 27.4. The molecule has 0 aliphatic heterocycles. The van der Waals surface area contributed by atoms with Crippen molar-refractivity contribution in [2.24, 2.45) is 0 Å². The standard InChI is InChI=1S/C20H24O4.C18H34O2.C18H30O2.C9H7NO/c1-15(11-7-13-17(3)19(21)22)9-5-6-10-16(2)12-8-14-18(4)20(23)24;2*1-2-3-4-5-6-7-8-9-10-11-12-13-14-15-16-17-18(19)20;11-9-6-5-7-3-1-2-4-8(7)10-9/h5-14H,1-4H3,(H,21,22)(H,23,24);9-10H,2-8,11-17H2,1H3,(H,19,20);3-4,6-7,9-10H,2,5,8,11-17H2,1H3,(H,19,20);1-6H,(H,10,11)/b6-5+,11-7+,12-8+,15-9+,16-10+,17-13+,18-14+;10-9+;4-3-,7-6-,10-9-;. The highest BCUT2D eigenvalue weighted by atomic mass is 16.4. The van der Waals surface area contributed by atoms with Crippen molar-refractivity contribution < 1.29 is 39.6 Å². The molecule has 1 aromatic carbocycles. The number of aliphatic carboxylic acids is 4. The number of rotatable bonds is 36. The molecular weight excluding hydrogens is 939 g/mol. The van der Waals surface area contributed by atoms with Gasteiger partial charge < -0.3 is 25.4 Å². The third kappa shape index (κ3) is 52.1. The Morgan fingerprint density at radius 2 is 0.853 bits per heavy atom. The summed E-state index contributed by atoms with van der Waals surface area (Å²) in [7, 11) is 0. The van der Waals surface area contributed by atoms with Crippen LogP contribution in [0.25, 0.3) is 10.9 Å². The third-order valence-corrected chi connectivity index (χ3v) is 11.2. The van der Waals surface area contributed by atoms with E-state index < -0.39 is 23.9 Å². The molecule has 1 heterocycles. The summed E-state index contributed by atoms with van der Waals surface area (Å²) >= 11 is 0. The number of carboxylic acid groups (broad SMARTS) is 4. The number of aromatic amines is 1. The zero-order chi connectivity index (χ0) is 56.0. The molecule has 0 atom stereocenters. The molecule has 0 bridgehead atoms. The van der Waals surface area contributed by atoms with Crippen LogP contribution in [0.1, 0.15) is 196 Å². The maximum absolute atomic E-state index is 10.8. The third-order valence-electron chi connectivity index (χ3n) is 11.2. The predicted octanol–water partition coefficient (Wildman–Crippen LogP) is 17.9. The summed E-state index contributed by atoms with van der Waals surface area (Å²) in [5, 5.41) is 35.5. The number of fused-ring (bicyclic) bond motifs is 1. The second-order valence-electron chi connectivity index (χ2n) is 18.4. The summed E-state index contributed by atoms with van der Waals surface area (Å²) in [5.74, 6) is -3.19. The Morgan fingerprint density at radius 3 is 1.29 bits per heavy atom. The Hall–Kier alpha value is -6.55. The van der Waals surface area contributed by atoms with E-state index in [-0.39, 0.29) is 16.7 Å². The van der Waals surface area contributed by atoms with Gasteiger partial charge in [-0.2, -0.15) is 0 Å². The number of nitrogens with one attached hydrogen (secondary N) is 1. The second-order valence-corrected chi connectivity index (χ2v) is 18.4. The first-order chi connectivity index (χ1) is 36.1. The molecule has 0 aliphatic carbocycles. The van der Waals surface area contributed by atoms with Crippen LogP contribution < -0.4 is 5.56 Å². The second kappa shape index (κ2) is 52.3. The molecule has 2 rings (SSSR count). The molecule has 5 N–H and O–H groups in total. The van der Waals surface area contributed by atoms with Gasteiger partial charge in [0.1, 0.15) is 0 Å². The average molecular weight is 1030 g/mol. The Labute approximate surface area is 451 Å². The van der Waals surface area contributed by atoms with E-state index >= 15 is 0 Å². The van der Waals surface area contributed by atoms with Crippen LogP contribution in [-0.2, 0) is 19.2 Å². The quantitative estimate of drug-likeness (QED) is 0.0192. The van der Waals surface area contributed by atoms with E-state index in [0.717, 1.165) is 79.8 Å². The van der Waals surface area contributed by atoms with Gasteiger partial charge in [-0.3, -0.25) is 14.4 Å². The molecule has 0 aliphatic rings. The minimum absolute atomic E-state index is 0.0521. The lowest BCUT2D eigenvalue weighted by Gasteiger charge is -1.99. The number of H-pyrrole nitrogens is 1. The van der Waals surface area contributed by atoms with Gasteiger partial charge in [0.05, 0.1) is 0 Å². The van der Waals surface area contributed by atoms with Crippen LogP contribution in [0.3, 0.4) is 0 Å². The fraction of sp³-hybridized carbons (Fsp3) is 0.462. The molecule has 0 amide bonds. The summed E-state index contributed by atoms with van der Waals surface area (Å²) in [5.41, 5.74) is 3.38. The van der Waals surface area contributed by atoms with E-state index in [0.29, 0.717) is 12.8 Å². The number of carboxylic acids is 4. The number of allylic oxidation sites excluding steroid dienone is 20. The Balaban J connectivity index is 0. The van der Waals surface area contributed by atoms with Crippen LogP contribution in [0, 0.1) is 0 Å². The first kappa shape index (κ1) is 70.5. The molecule has 0 spiro atoms. The number of hydrogen-bond acceptors (Lipinski definition) is 5. The van der Waals surface area contributed by atoms with Crippen LogP contribution in [0.5, 0.6) is 0 Å². The molecule has 2 aromatic rings. The maximum atomic E-state index is 10.8. The summed E-state index contributed by atoms with van der Waals surface area (Å²) < 4.78 is 0. The van der Waals surface area contributed by atoms with E-state index in [9.17, 15) is 24.0 Å². The van der Waals surface area contributed by atoms with Crippen molar-refractivity contribution in [2.45, 2.75) is 196 Å². The van der Waals surface area contributed by atoms with Crippen molar-refractivity contribution in [3.63, 3.8) is 0 Å². The van der Waals surface area contributed by atoms with Gasteiger partial charge in [-0.1, -0.05) is 223 Å². The largest absolute Gasteiger partial charge is 0.481 e. The van der Waals surface area contributed by atoms with Crippen molar-refractivity contribution in [3.05, 3.63) is 178 Å². The molecule has 10 heteroatoms. The number of unbranched alkanes of at least 4 members (excludes halogenated alkanes) is 16. The number of aromatic nitrogens is 1. The molecule has 414 valence electrons. The lowest BCUT2D eigenvalue weighted by atomic mass is 10.1. The molecule has 0 unspecified atom stereocenters. The van der Waals surface area contributed by atoms with E-state index in [1.165, 1.54) is 89.5 Å². The Bertz CT molecular complexity index is 2180. The van der Waals surface area contributed by atoms with Gasteiger partial charge in [0.15, 0.2) is 0 Å². The minimum Gasteiger partial charge on any atom is -0.481 e. The number of hydrogen-bond donors (Lipinski definition) is 5. The molecule has 0 saturated heterocycles. The number of carbonyl (C=O) groups is 4. The van der Waals surface area contributed by atoms with E-state index in [4.69, 9.17) is 20.4 Å². The van der Waals surface area contributed by atoms with Gasteiger partial charge in [-0.05, 0) is 116 Å². The van der Waals surface area contributed by atoms with Gasteiger partial charge >= 0.3 is 23.9 Å². The number of benzene rings is 1. The summed E-state index contributed by atoms with van der Waals surface area (Å²) in [6, 6.07) is 11.0. The monoisotopic (exact) mass is 1030 g/mol. The zero-order valence-electron chi connectivity index (χ0n) is 46.7. The van der Waals surface area contributed by atoms with Gasteiger partial charge in [0.25, 0.3) is 0 Å². The van der Waals surface area contributed by atoms with Crippen LogP contribution >= 0.6 is 0 Å². The van der Waals surface area contributed by atoms with Crippen LogP contribution in [0.2, 0.25) is 0 Å². The summed E-state index contributed by atoms with van der Waals surface area (Å²) in [4.78, 5) is 55.4. The molecule has 10 nitrogen and oxygen atoms in total. The fourth-order valence-electron chi connectivity index (χ4n) is 6.70.